The Labute approximate surface area is 124 Å². The van der Waals surface area contributed by atoms with Crippen molar-refractivity contribution in [2.24, 2.45) is 11.3 Å². The minimum Gasteiger partial charge on any atom is -0.396 e. The molecule has 1 heterocycles. The van der Waals surface area contributed by atoms with Crippen LogP contribution < -0.4 is 16.6 Å². The highest BCUT2D eigenvalue weighted by Crippen LogP contribution is 2.26. The molecule has 0 bridgehead atoms. The Balaban J connectivity index is 2.21. The van der Waals surface area contributed by atoms with Gasteiger partial charge in [0.2, 0.25) is 5.95 Å². The maximum Gasteiger partial charge on any atom is 0.239 e. The number of rotatable bonds is 7. The summed E-state index contributed by atoms with van der Waals surface area (Å²) in [4.78, 5) is 8.72. The fourth-order valence-corrected chi connectivity index (χ4v) is 2.24. The number of para-hydroxylation sites is 1. The van der Waals surface area contributed by atoms with Crippen molar-refractivity contribution in [2.45, 2.75) is 26.7 Å². The topological polar surface area (TPSA) is 96.1 Å². The molecule has 2 rings (SSSR count). The van der Waals surface area contributed by atoms with Gasteiger partial charge in [0, 0.05) is 18.5 Å². The smallest absolute Gasteiger partial charge is 0.239 e. The van der Waals surface area contributed by atoms with E-state index in [9.17, 15) is 0 Å². The molecule has 0 spiro atoms. The first kappa shape index (κ1) is 15.5. The Bertz CT molecular complexity index is 600. The Morgan fingerprint density at radius 3 is 2.71 bits per heavy atom. The van der Waals surface area contributed by atoms with Crippen LogP contribution in [0.25, 0.3) is 10.9 Å². The Morgan fingerprint density at radius 1 is 1.24 bits per heavy atom. The molecule has 6 heteroatoms. The molecule has 0 aliphatic heterocycles. The summed E-state index contributed by atoms with van der Waals surface area (Å²) in [7, 11) is 0. The van der Waals surface area contributed by atoms with E-state index in [0.717, 1.165) is 36.1 Å². The molecule has 0 radical (unpaired) electrons. The van der Waals surface area contributed by atoms with Crippen LogP contribution in [-0.2, 0) is 0 Å². The molecule has 5 N–H and O–H groups in total. The summed E-state index contributed by atoms with van der Waals surface area (Å²) in [6.07, 6.45) is 1.75. The fourth-order valence-electron chi connectivity index (χ4n) is 2.24. The highest BCUT2D eigenvalue weighted by atomic mass is 16.2. The molecule has 0 aliphatic rings. The second-order valence-corrected chi connectivity index (χ2v) is 5.90. The average Bonchev–Trinajstić information content (AvgIpc) is 2.50. The van der Waals surface area contributed by atoms with Gasteiger partial charge in [0.25, 0.3) is 0 Å². The van der Waals surface area contributed by atoms with E-state index in [1.165, 1.54) is 0 Å². The summed E-state index contributed by atoms with van der Waals surface area (Å²) < 4.78 is 0. The lowest BCUT2D eigenvalue weighted by Gasteiger charge is -2.25. The third kappa shape index (κ3) is 4.03. The number of hydrogen-bond acceptors (Lipinski definition) is 6. The summed E-state index contributed by atoms with van der Waals surface area (Å²) in [5.41, 5.74) is 3.41. The number of aliphatic hydroxyl groups is 1. The summed E-state index contributed by atoms with van der Waals surface area (Å²) >= 11 is 0. The van der Waals surface area contributed by atoms with Gasteiger partial charge in [0.15, 0.2) is 0 Å². The normalized spacial score (nSPS) is 11.6. The molecule has 0 amide bonds. The van der Waals surface area contributed by atoms with Gasteiger partial charge in [-0.15, -0.1) is 0 Å². The lowest BCUT2D eigenvalue weighted by atomic mass is 9.88. The number of nitrogen functional groups attached to an aromatic ring is 1. The van der Waals surface area contributed by atoms with Crippen LogP contribution in [-0.4, -0.2) is 28.2 Å². The van der Waals surface area contributed by atoms with Gasteiger partial charge in [-0.1, -0.05) is 26.0 Å². The maximum atomic E-state index is 8.96. The molecule has 1 aromatic heterocycles. The van der Waals surface area contributed by atoms with Gasteiger partial charge in [-0.2, -0.15) is 4.98 Å². The molecule has 6 nitrogen and oxygen atoms in total. The molecule has 114 valence electrons. The highest BCUT2D eigenvalue weighted by Gasteiger charge is 2.18. The Morgan fingerprint density at radius 2 is 2.00 bits per heavy atom. The van der Waals surface area contributed by atoms with Crippen LogP contribution in [0.3, 0.4) is 0 Å². The van der Waals surface area contributed by atoms with Gasteiger partial charge >= 0.3 is 0 Å². The summed E-state index contributed by atoms with van der Waals surface area (Å²) in [6, 6.07) is 7.81. The number of anilines is 2. The number of nitrogens with one attached hydrogen (secondary N) is 2. The van der Waals surface area contributed by atoms with E-state index in [2.05, 4.69) is 34.6 Å². The van der Waals surface area contributed by atoms with E-state index < -0.39 is 0 Å². The monoisotopic (exact) mass is 289 g/mol. The third-order valence-electron chi connectivity index (χ3n) is 3.48. The first-order valence-corrected chi connectivity index (χ1v) is 7.14. The maximum absolute atomic E-state index is 8.96. The van der Waals surface area contributed by atoms with Crippen molar-refractivity contribution >= 4 is 22.7 Å². The molecule has 0 saturated heterocycles. The fraction of sp³-hybridized carbons (Fsp3) is 0.467. The predicted octanol–water partition coefficient (Wildman–Crippen LogP) is 2.13. The number of aliphatic hydroxyl groups excluding tert-OH is 1. The first-order valence-electron chi connectivity index (χ1n) is 7.14. The molecule has 0 fully saturated rings. The number of aromatic nitrogens is 2. The van der Waals surface area contributed by atoms with Crippen molar-refractivity contribution in [3.8, 4) is 0 Å². The van der Waals surface area contributed by atoms with Crippen LogP contribution >= 0.6 is 0 Å². The molecule has 0 aliphatic carbocycles. The van der Waals surface area contributed by atoms with Gasteiger partial charge in [0.05, 0.1) is 5.52 Å². The zero-order valence-electron chi connectivity index (χ0n) is 12.6. The van der Waals surface area contributed by atoms with Crippen LogP contribution in [0.2, 0.25) is 0 Å². The van der Waals surface area contributed by atoms with E-state index in [1.54, 1.807) is 0 Å². The van der Waals surface area contributed by atoms with Crippen LogP contribution in [0.1, 0.15) is 26.7 Å². The predicted molar refractivity (Wildman–Crippen MR) is 85.9 cm³/mol. The number of nitrogens with zero attached hydrogens (tertiary/aromatic N) is 2. The molecular weight excluding hydrogens is 266 g/mol. The minimum atomic E-state index is 0.0745. The van der Waals surface area contributed by atoms with E-state index in [-0.39, 0.29) is 12.0 Å². The standard InChI is InChI=1S/C15H23N5O/c1-15(2,8-5-9-21)10-17-13-11-6-3-4-7-12(11)18-14(19-13)20-16/h3-4,6-7,21H,5,8-10,16H2,1-2H3,(H2,17,18,19,20). The first-order chi connectivity index (χ1) is 10.1. The number of hydrazine groups is 1. The van der Waals surface area contributed by atoms with E-state index >= 15 is 0 Å². The van der Waals surface area contributed by atoms with Gasteiger partial charge in [-0.3, -0.25) is 5.43 Å². The number of fused-ring (bicyclic) bond motifs is 1. The molecule has 1 aromatic carbocycles. The van der Waals surface area contributed by atoms with Crippen LogP contribution in [0.4, 0.5) is 11.8 Å². The lowest BCUT2D eigenvalue weighted by molar-refractivity contribution is 0.248. The number of nitrogens with two attached hydrogens (primary N) is 1. The zero-order chi connectivity index (χ0) is 15.3. The van der Waals surface area contributed by atoms with Crippen molar-refractivity contribution in [3.63, 3.8) is 0 Å². The van der Waals surface area contributed by atoms with Crippen molar-refractivity contribution in [1.82, 2.24) is 9.97 Å². The van der Waals surface area contributed by atoms with Crippen LogP contribution in [0.5, 0.6) is 0 Å². The van der Waals surface area contributed by atoms with E-state index in [0.29, 0.717) is 5.95 Å². The number of hydrogen-bond donors (Lipinski definition) is 4. The molecule has 0 atom stereocenters. The number of benzene rings is 1. The average molecular weight is 289 g/mol. The van der Waals surface area contributed by atoms with E-state index in [4.69, 9.17) is 10.9 Å². The highest BCUT2D eigenvalue weighted by molar-refractivity contribution is 5.89. The summed E-state index contributed by atoms with van der Waals surface area (Å²) in [5.74, 6) is 6.59. The molecule has 0 saturated carbocycles. The van der Waals surface area contributed by atoms with Crippen molar-refractivity contribution in [2.75, 3.05) is 23.9 Å². The molecule has 21 heavy (non-hydrogen) atoms. The second-order valence-electron chi connectivity index (χ2n) is 5.90. The lowest BCUT2D eigenvalue weighted by Crippen LogP contribution is -2.24. The van der Waals surface area contributed by atoms with Crippen LogP contribution in [0, 0.1) is 5.41 Å². The van der Waals surface area contributed by atoms with Crippen molar-refractivity contribution < 1.29 is 5.11 Å². The van der Waals surface area contributed by atoms with Crippen LogP contribution in [0.15, 0.2) is 24.3 Å². The molecule has 0 unspecified atom stereocenters. The van der Waals surface area contributed by atoms with Gasteiger partial charge in [-0.25, -0.2) is 10.8 Å². The third-order valence-corrected chi connectivity index (χ3v) is 3.48. The Hall–Kier alpha value is -1.92. The van der Waals surface area contributed by atoms with Gasteiger partial charge < -0.3 is 10.4 Å². The van der Waals surface area contributed by atoms with Crippen molar-refractivity contribution in [3.05, 3.63) is 24.3 Å². The minimum absolute atomic E-state index is 0.0745. The van der Waals surface area contributed by atoms with E-state index in [1.807, 2.05) is 24.3 Å². The van der Waals surface area contributed by atoms with Gasteiger partial charge in [0.1, 0.15) is 5.82 Å². The quantitative estimate of drug-likeness (QED) is 0.460. The van der Waals surface area contributed by atoms with Gasteiger partial charge in [-0.05, 0) is 30.4 Å². The SMILES string of the molecule is CC(C)(CCCO)CNc1nc(NN)nc2ccccc12. The zero-order valence-corrected chi connectivity index (χ0v) is 12.6. The second kappa shape index (κ2) is 6.69. The molecule has 2 aromatic rings. The summed E-state index contributed by atoms with van der Waals surface area (Å²) in [6.45, 7) is 5.32. The summed E-state index contributed by atoms with van der Waals surface area (Å²) in [5, 5.41) is 13.3. The largest absolute Gasteiger partial charge is 0.396 e. The molecular formula is C15H23N5O. The van der Waals surface area contributed by atoms with Crippen molar-refractivity contribution in [1.29, 1.82) is 0 Å². The Kier molecular flexibility index (Phi) is 4.93.